The van der Waals surface area contributed by atoms with Gasteiger partial charge in [-0.2, -0.15) is 0 Å². The van der Waals surface area contributed by atoms with E-state index in [0.29, 0.717) is 5.92 Å². The first-order valence-corrected chi connectivity index (χ1v) is 7.37. The van der Waals surface area contributed by atoms with Crippen LogP contribution in [0.3, 0.4) is 0 Å². The van der Waals surface area contributed by atoms with Crippen molar-refractivity contribution in [1.29, 1.82) is 0 Å². The van der Waals surface area contributed by atoms with Gasteiger partial charge in [-0.3, -0.25) is 0 Å². The fourth-order valence-corrected chi connectivity index (χ4v) is 3.47. The van der Waals surface area contributed by atoms with Crippen molar-refractivity contribution in [3.8, 4) is 0 Å². The maximum absolute atomic E-state index is 13.0. The lowest BCUT2D eigenvalue weighted by molar-refractivity contribution is 0.287. The minimum absolute atomic E-state index is 0.194. The van der Waals surface area contributed by atoms with Gasteiger partial charge < -0.3 is 0 Å². The zero-order chi connectivity index (χ0) is 12.4. The number of rotatable bonds is 2. The zero-order valence-corrected chi connectivity index (χ0v) is 12.3. The highest BCUT2D eigenvalue weighted by atomic mass is 79.9. The van der Waals surface area contributed by atoms with Crippen LogP contribution in [0.5, 0.6) is 0 Å². The predicted molar refractivity (Wildman–Crippen MR) is 74.0 cm³/mol. The maximum atomic E-state index is 13.0. The average molecular weight is 320 g/mol. The second-order valence-corrected chi connectivity index (χ2v) is 6.55. The lowest BCUT2D eigenvalue weighted by Crippen LogP contribution is -2.26. The molecular weight excluding hydrogens is 303 g/mol. The number of alkyl halides is 1. The summed E-state index contributed by atoms with van der Waals surface area (Å²) < 4.78 is 13.9. The number of benzene rings is 1. The molecule has 0 radical (unpaired) electrons. The molecule has 1 aromatic rings. The van der Waals surface area contributed by atoms with E-state index in [1.165, 1.54) is 25.0 Å². The number of hydrogen-bond acceptors (Lipinski definition) is 0. The third-order valence-electron chi connectivity index (χ3n) is 3.65. The highest BCUT2D eigenvalue weighted by molar-refractivity contribution is 9.10. The molecule has 0 amide bonds. The quantitative estimate of drug-likeness (QED) is 0.659. The number of halogens is 3. The smallest absolute Gasteiger partial charge is 0.124 e. The summed E-state index contributed by atoms with van der Waals surface area (Å²) >= 11 is 9.82. The van der Waals surface area contributed by atoms with Crippen LogP contribution in [0.25, 0.3) is 0 Å². The lowest BCUT2D eigenvalue weighted by Gasteiger charge is -2.31. The first-order chi connectivity index (χ1) is 8.06. The third kappa shape index (κ3) is 3.45. The van der Waals surface area contributed by atoms with E-state index >= 15 is 0 Å². The number of hydrogen-bond donors (Lipinski definition) is 0. The van der Waals surface area contributed by atoms with Crippen LogP contribution in [0.4, 0.5) is 4.39 Å². The van der Waals surface area contributed by atoms with E-state index in [2.05, 4.69) is 22.9 Å². The van der Waals surface area contributed by atoms with Crippen LogP contribution in [0, 0.1) is 17.7 Å². The molecule has 2 rings (SSSR count). The van der Waals surface area contributed by atoms with Gasteiger partial charge in [0.1, 0.15) is 5.82 Å². The Morgan fingerprint density at radius 2 is 2.18 bits per heavy atom. The average Bonchev–Trinajstić information content (AvgIpc) is 2.27. The molecule has 3 unspecified atom stereocenters. The molecular formula is C14H17BrClF. The molecule has 1 aliphatic carbocycles. The van der Waals surface area contributed by atoms with Gasteiger partial charge in [-0.05, 0) is 55.2 Å². The van der Waals surface area contributed by atoms with Crippen LogP contribution in [-0.2, 0) is 6.42 Å². The molecule has 1 saturated carbocycles. The summed E-state index contributed by atoms with van der Waals surface area (Å²) in [5.74, 6) is 1.08. The van der Waals surface area contributed by atoms with Crippen molar-refractivity contribution < 1.29 is 4.39 Å². The van der Waals surface area contributed by atoms with E-state index in [1.54, 1.807) is 0 Å². The van der Waals surface area contributed by atoms with Gasteiger partial charge in [-0.15, -0.1) is 11.6 Å². The molecule has 1 aromatic carbocycles. The fourth-order valence-electron chi connectivity index (χ4n) is 2.64. The van der Waals surface area contributed by atoms with Gasteiger partial charge in [0.25, 0.3) is 0 Å². The summed E-state index contributed by atoms with van der Waals surface area (Å²) in [5.41, 5.74) is 1.16. The van der Waals surface area contributed by atoms with Crippen molar-refractivity contribution in [2.75, 3.05) is 0 Å². The first kappa shape index (κ1) is 13.4. The summed E-state index contributed by atoms with van der Waals surface area (Å²) in [7, 11) is 0. The van der Waals surface area contributed by atoms with Crippen molar-refractivity contribution >= 4 is 27.5 Å². The van der Waals surface area contributed by atoms with Crippen molar-refractivity contribution in [3.63, 3.8) is 0 Å². The van der Waals surface area contributed by atoms with Gasteiger partial charge in [0.05, 0.1) is 0 Å². The Bertz CT molecular complexity index is 394. The van der Waals surface area contributed by atoms with Crippen molar-refractivity contribution in [2.24, 2.45) is 11.8 Å². The highest BCUT2D eigenvalue weighted by Crippen LogP contribution is 2.35. The molecule has 0 bridgehead atoms. The molecule has 0 aromatic heterocycles. The van der Waals surface area contributed by atoms with E-state index in [-0.39, 0.29) is 11.2 Å². The summed E-state index contributed by atoms with van der Waals surface area (Å²) in [6.45, 7) is 2.29. The zero-order valence-electron chi connectivity index (χ0n) is 9.93. The van der Waals surface area contributed by atoms with Crippen LogP contribution < -0.4 is 0 Å². The molecule has 94 valence electrons. The molecule has 1 aliphatic rings. The monoisotopic (exact) mass is 318 g/mol. The van der Waals surface area contributed by atoms with E-state index < -0.39 is 0 Å². The largest absolute Gasteiger partial charge is 0.207 e. The van der Waals surface area contributed by atoms with Gasteiger partial charge in [0, 0.05) is 9.85 Å². The van der Waals surface area contributed by atoms with Gasteiger partial charge in [0.2, 0.25) is 0 Å². The van der Waals surface area contributed by atoms with E-state index in [1.807, 2.05) is 6.07 Å². The Balaban J connectivity index is 2.08. The molecule has 0 nitrogen and oxygen atoms in total. The molecule has 17 heavy (non-hydrogen) atoms. The molecule has 3 heteroatoms. The minimum Gasteiger partial charge on any atom is -0.207 e. The Morgan fingerprint density at radius 3 is 2.88 bits per heavy atom. The van der Waals surface area contributed by atoms with E-state index in [4.69, 9.17) is 11.6 Å². The molecule has 0 saturated heterocycles. The van der Waals surface area contributed by atoms with Gasteiger partial charge in [0.15, 0.2) is 0 Å². The Morgan fingerprint density at radius 1 is 1.41 bits per heavy atom. The van der Waals surface area contributed by atoms with Crippen LogP contribution >= 0.6 is 27.5 Å². The lowest BCUT2D eigenvalue weighted by atomic mass is 9.79. The van der Waals surface area contributed by atoms with Gasteiger partial charge >= 0.3 is 0 Å². The maximum Gasteiger partial charge on any atom is 0.124 e. The summed E-state index contributed by atoms with van der Waals surface area (Å²) in [4.78, 5) is 0. The second-order valence-electron chi connectivity index (χ2n) is 5.13. The van der Waals surface area contributed by atoms with Crippen LogP contribution in [0.1, 0.15) is 31.7 Å². The first-order valence-electron chi connectivity index (χ1n) is 6.14. The van der Waals surface area contributed by atoms with Crippen LogP contribution in [-0.4, -0.2) is 5.38 Å². The Labute approximate surface area is 116 Å². The van der Waals surface area contributed by atoms with Crippen molar-refractivity contribution in [1.82, 2.24) is 0 Å². The van der Waals surface area contributed by atoms with Gasteiger partial charge in [-0.1, -0.05) is 28.9 Å². The van der Waals surface area contributed by atoms with Crippen LogP contribution in [0.2, 0.25) is 0 Å². The van der Waals surface area contributed by atoms with Crippen molar-refractivity contribution in [2.45, 2.75) is 38.0 Å². The second kappa shape index (κ2) is 5.71. The molecule has 1 fully saturated rings. The molecule has 0 N–H and O–H groups in total. The highest BCUT2D eigenvalue weighted by Gasteiger charge is 2.27. The normalized spacial score (nSPS) is 29.3. The predicted octanol–water partition coefficient (Wildman–Crippen LogP) is 5.17. The Hall–Kier alpha value is -0.0800. The summed E-state index contributed by atoms with van der Waals surface area (Å²) in [6, 6.07) is 4.92. The molecule has 3 atom stereocenters. The summed E-state index contributed by atoms with van der Waals surface area (Å²) in [6.07, 6.45) is 4.46. The molecule has 0 spiro atoms. The fraction of sp³-hybridized carbons (Fsp3) is 0.571. The van der Waals surface area contributed by atoms with Crippen molar-refractivity contribution in [3.05, 3.63) is 34.1 Å². The minimum atomic E-state index is -0.194. The van der Waals surface area contributed by atoms with Crippen LogP contribution in [0.15, 0.2) is 22.7 Å². The molecule has 0 heterocycles. The Kier molecular flexibility index (Phi) is 4.48. The third-order valence-corrected chi connectivity index (χ3v) is 4.96. The topological polar surface area (TPSA) is 0 Å². The molecule has 0 aliphatic heterocycles. The SMILES string of the molecule is CC1CCC(Cl)C(Cc2ccc(F)cc2Br)C1. The standard InChI is InChI=1S/C14H17BrClF/c1-9-2-5-14(16)11(6-9)7-10-3-4-12(17)8-13(10)15/h3-4,8-9,11,14H,2,5-7H2,1H3. The van der Waals surface area contributed by atoms with E-state index in [9.17, 15) is 4.39 Å². The summed E-state index contributed by atoms with van der Waals surface area (Å²) in [5, 5.41) is 0.267. The van der Waals surface area contributed by atoms with E-state index in [0.717, 1.165) is 28.8 Å². The van der Waals surface area contributed by atoms with Gasteiger partial charge in [-0.25, -0.2) is 4.39 Å².